The van der Waals surface area contributed by atoms with Crippen molar-refractivity contribution in [1.82, 2.24) is 5.32 Å². The Morgan fingerprint density at radius 1 is 1.33 bits per heavy atom. The molecule has 0 radical (unpaired) electrons. The number of carbonyl (C=O) groups is 1. The fourth-order valence-electron chi connectivity index (χ4n) is 1.39. The maximum Gasteiger partial charge on any atom is 0.216 e. The van der Waals surface area contributed by atoms with E-state index in [4.69, 9.17) is 0 Å². The molecule has 0 unspecified atom stereocenters. The molecule has 1 N–H and O–H groups in total. The molecular weight excluding hydrogens is 188 g/mol. The molecule has 0 saturated carbocycles. The van der Waals surface area contributed by atoms with E-state index in [1.807, 2.05) is 18.2 Å². The molecule has 15 heavy (non-hydrogen) atoms. The first-order valence-corrected chi connectivity index (χ1v) is 5.21. The van der Waals surface area contributed by atoms with Crippen molar-refractivity contribution in [2.45, 2.75) is 13.3 Å². The topological polar surface area (TPSA) is 32.3 Å². The maximum absolute atomic E-state index is 10.6. The lowest BCUT2D eigenvalue weighted by Gasteiger charge is -2.18. The van der Waals surface area contributed by atoms with Crippen molar-refractivity contribution in [3.63, 3.8) is 0 Å². The summed E-state index contributed by atoms with van der Waals surface area (Å²) < 4.78 is 0. The standard InChI is InChI=1S/C12H18N2O/c1-11(15)13-9-6-10-14(2)12-7-4-3-5-8-12/h3-5,7-8H,6,9-10H2,1-2H3,(H,13,15). The number of anilines is 1. The third kappa shape index (κ3) is 4.49. The second-order valence-corrected chi connectivity index (χ2v) is 3.59. The minimum absolute atomic E-state index is 0.0392. The van der Waals surface area contributed by atoms with Crippen LogP contribution in [-0.2, 0) is 4.79 Å². The van der Waals surface area contributed by atoms with E-state index >= 15 is 0 Å². The van der Waals surface area contributed by atoms with Gasteiger partial charge in [-0.25, -0.2) is 0 Å². The zero-order valence-electron chi connectivity index (χ0n) is 9.36. The van der Waals surface area contributed by atoms with Crippen LogP contribution in [0.3, 0.4) is 0 Å². The number of nitrogens with one attached hydrogen (secondary N) is 1. The number of hydrogen-bond donors (Lipinski definition) is 1. The van der Waals surface area contributed by atoms with Gasteiger partial charge in [0.1, 0.15) is 0 Å². The Kier molecular flexibility index (Phi) is 4.68. The van der Waals surface area contributed by atoms with Gasteiger partial charge in [0.05, 0.1) is 0 Å². The highest BCUT2D eigenvalue weighted by atomic mass is 16.1. The monoisotopic (exact) mass is 206 g/mol. The first-order chi connectivity index (χ1) is 7.20. The Balaban J connectivity index is 2.25. The average Bonchev–Trinajstić information content (AvgIpc) is 2.25. The van der Waals surface area contributed by atoms with E-state index < -0.39 is 0 Å². The van der Waals surface area contributed by atoms with Crippen LogP contribution in [0, 0.1) is 0 Å². The van der Waals surface area contributed by atoms with Gasteiger partial charge in [0.15, 0.2) is 0 Å². The summed E-state index contributed by atoms with van der Waals surface area (Å²) in [5.41, 5.74) is 1.21. The molecular formula is C12H18N2O. The van der Waals surface area contributed by atoms with Gasteiger partial charge in [-0.3, -0.25) is 4.79 Å². The minimum atomic E-state index is 0.0392. The van der Waals surface area contributed by atoms with Crippen molar-refractivity contribution < 1.29 is 4.79 Å². The van der Waals surface area contributed by atoms with Crippen LogP contribution in [0.1, 0.15) is 13.3 Å². The molecule has 0 aliphatic rings. The van der Waals surface area contributed by atoms with Crippen LogP contribution >= 0.6 is 0 Å². The Morgan fingerprint density at radius 3 is 2.60 bits per heavy atom. The molecule has 82 valence electrons. The van der Waals surface area contributed by atoms with E-state index in [0.717, 1.165) is 19.5 Å². The average molecular weight is 206 g/mol. The predicted molar refractivity (Wildman–Crippen MR) is 63.0 cm³/mol. The number of benzene rings is 1. The molecule has 0 spiro atoms. The normalized spacial score (nSPS) is 9.73. The van der Waals surface area contributed by atoms with Gasteiger partial charge >= 0.3 is 0 Å². The second-order valence-electron chi connectivity index (χ2n) is 3.59. The smallest absolute Gasteiger partial charge is 0.216 e. The molecule has 0 heterocycles. The van der Waals surface area contributed by atoms with Crippen LogP contribution in [0.15, 0.2) is 30.3 Å². The van der Waals surface area contributed by atoms with Crippen molar-refractivity contribution >= 4 is 11.6 Å². The van der Waals surface area contributed by atoms with E-state index in [1.54, 1.807) is 6.92 Å². The zero-order valence-corrected chi connectivity index (χ0v) is 9.36. The number of hydrogen-bond acceptors (Lipinski definition) is 2. The van der Waals surface area contributed by atoms with Crippen LogP contribution in [-0.4, -0.2) is 26.0 Å². The lowest BCUT2D eigenvalue weighted by molar-refractivity contribution is -0.118. The van der Waals surface area contributed by atoms with Gasteiger partial charge in [-0.15, -0.1) is 0 Å². The van der Waals surface area contributed by atoms with Crippen molar-refractivity contribution in [1.29, 1.82) is 0 Å². The Hall–Kier alpha value is -1.51. The maximum atomic E-state index is 10.6. The number of para-hydroxylation sites is 1. The number of nitrogens with zero attached hydrogens (tertiary/aromatic N) is 1. The van der Waals surface area contributed by atoms with E-state index in [0.29, 0.717) is 0 Å². The minimum Gasteiger partial charge on any atom is -0.375 e. The molecule has 1 aromatic rings. The first-order valence-electron chi connectivity index (χ1n) is 5.21. The van der Waals surface area contributed by atoms with Crippen LogP contribution in [0.5, 0.6) is 0 Å². The van der Waals surface area contributed by atoms with E-state index in [-0.39, 0.29) is 5.91 Å². The third-order valence-corrected chi connectivity index (χ3v) is 2.24. The molecule has 0 saturated heterocycles. The molecule has 1 rings (SSSR count). The fourth-order valence-corrected chi connectivity index (χ4v) is 1.39. The number of amides is 1. The Morgan fingerprint density at radius 2 is 2.00 bits per heavy atom. The van der Waals surface area contributed by atoms with Gasteiger partial charge in [0.2, 0.25) is 5.91 Å². The molecule has 1 aromatic carbocycles. The van der Waals surface area contributed by atoms with Crippen molar-refractivity contribution in [2.75, 3.05) is 25.0 Å². The highest BCUT2D eigenvalue weighted by Gasteiger charge is 1.98. The predicted octanol–water partition coefficient (Wildman–Crippen LogP) is 1.65. The Labute approximate surface area is 91.1 Å². The lowest BCUT2D eigenvalue weighted by Crippen LogP contribution is -2.26. The van der Waals surface area contributed by atoms with Crippen LogP contribution in [0.4, 0.5) is 5.69 Å². The Bertz CT molecular complexity index is 298. The summed E-state index contributed by atoms with van der Waals surface area (Å²) >= 11 is 0. The molecule has 1 amide bonds. The molecule has 0 fully saturated rings. The highest BCUT2D eigenvalue weighted by Crippen LogP contribution is 2.10. The molecule has 0 bridgehead atoms. The summed E-state index contributed by atoms with van der Waals surface area (Å²) in [6.45, 7) is 3.23. The van der Waals surface area contributed by atoms with E-state index in [2.05, 4.69) is 29.4 Å². The van der Waals surface area contributed by atoms with Crippen LogP contribution < -0.4 is 10.2 Å². The third-order valence-electron chi connectivity index (χ3n) is 2.24. The van der Waals surface area contributed by atoms with E-state index in [1.165, 1.54) is 5.69 Å². The number of rotatable bonds is 5. The summed E-state index contributed by atoms with van der Waals surface area (Å²) in [6.07, 6.45) is 0.963. The summed E-state index contributed by atoms with van der Waals surface area (Å²) in [4.78, 5) is 12.8. The summed E-state index contributed by atoms with van der Waals surface area (Å²) in [5.74, 6) is 0.0392. The van der Waals surface area contributed by atoms with Gasteiger partial charge in [0, 0.05) is 32.7 Å². The first kappa shape index (κ1) is 11.6. The van der Waals surface area contributed by atoms with Gasteiger partial charge in [0.25, 0.3) is 0 Å². The quantitative estimate of drug-likeness (QED) is 0.743. The number of carbonyl (C=O) groups excluding carboxylic acids is 1. The molecule has 0 atom stereocenters. The lowest BCUT2D eigenvalue weighted by atomic mass is 10.3. The van der Waals surface area contributed by atoms with Gasteiger partial charge < -0.3 is 10.2 Å². The fraction of sp³-hybridized carbons (Fsp3) is 0.417. The second kappa shape index (κ2) is 6.06. The van der Waals surface area contributed by atoms with Gasteiger partial charge in [-0.05, 0) is 18.6 Å². The molecule has 3 heteroatoms. The summed E-state index contributed by atoms with van der Waals surface area (Å²) in [7, 11) is 2.06. The largest absolute Gasteiger partial charge is 0.375 e. The summed E-state index contributed by atoms with van der Waals surface area (Å²) in [6, 6.07) is 10.2. The van der Waals surface area contributed by atoms with Gasteiger partial charge in [-0.1, -0.05) is 18.2 Å². The van der Waals surface area contributed by atoms with Crippen LogP contribution in [0.25, 0.3) is 0 Å². The molecule has 0 aliphatic carbocycles. The van der Waals surface area contributed by atoms with Crippen molar-refractivity contribution in [2.24, 2.45) is 0 Å². The van der Waals surface area contributed by atoms with Gasteiger partial charge in [-0.2, -0.15) is 0 Å². The van der Waals surface area contributed by atoms with Crippen LogP contribution in [0.2, 0.25) is 0 Å². The molecule has 0 aromatic heterocycles. The SMILES string of the molecule is CC(=O)NCCCN(C)c1ccccc1. The zero-order chi connectivity index (χ0) is 11.1. The summed E-state index contributed by atoms with van der Waals surface area (Å²) in [5, 5.41) is 2.79. The highest BCUT2D eigenvalue weighted by molar-refractivity contribution is 5.72. The van der Waals surface area contributed by atoms with E-state index in [9.17, 15) is 4.79 Å². The van der Waals surface area contributed by atoms with Crippen molar-refractivity contribution in [3.8, 4) is 0 Å². The molecule has 3 nitrogen and oxygen atoms in total. The van der Waals surface area contributed by atoms with Crippen molar-refractivity contribution in [3.05, 3.63) is 30.3 Å². The molecule has 0 aliphatic heterocycles.